The van der Waals surface area contributed by atoms with Gasteiger partial charge < -0.3 is 14.9 Å². The van der Waals surface area contributed by atoms with Gasteiger partial charge in [0.15, 0.2) is 0 Å². The second-order valence-electron chi connectivity index (χ2n) is 9.10. The Morgan fingerprint density at radius 1 is 1.19 bits per heavy atom. The molecule has 3 heterocycles. The van der Waals surface area contributed by atoms with Gasteiger partial charge in [0, 0.05) is 37.7 Å². The van der Waals surface area contributed by atoms with Crippen molar-refractivity contribution in [2.24, 2.45) is 11.8 Å². The van der Waals surface area contributed by atoms with Gasteiger partial charge in [-0.15, -0.1) is 0 Å². The van der Waals surface area contributed by atoms with Crippen LogP contribution in [0.25, 0.3) is 0 Å². The monoisotopic (exact) mass is 438 g/mol. The van der Waals surface area contributed by atoms with Gasteiger partial charge in [0.2, 0.25) is 0 Å². The predicted molar refractivity (Wildman–Crippen MR) is 124 cm³/mol. The molecule has 0 aliphatic carbocycles. The summed E-state index contributed by atoms with van der Waals surface area (Å²) in [5.41, 5.74) is 4.59. The highest BCUT2D eigenvalue weighted by molar-refractivity contribution is 5.71. The molecular weight excluding hydrogens is 407 g/mol. The predicted octanol–water partition coefficient (Wildman–Crippen LogP) is 4.25. The molecule has 2 aromatic rings. The Balaban J connectivity index is 1.42. The van der Waals surface area contributed by atoms with Gasteiger partial charge in [0.05, 0.1) is 29.7 Å². The number of halogens is 1. The zero-order valence-corrected chi connectivity index (χ0v) is 19.0. The van der Waals surface area contributed by atoms with Crippen LogP contribution in [0.4, 0.5) is 15.8 Å². The number of hydrogen-bond acceptors (Lipinski definition) is 5. The lowest BCUT2D eigenvalue weighted by Gasteiger charge is -2.36. The summed E-state index contributed by atoms with van der Waals surface area (Å²) in [6.45, 7) is 8.70. The number of hydrogen-bond donors (Lipinski definition) is 1. The lowest BCUT2D eigenvalue weighted by atomic mass is 10.0. The number of pyridine rings is 1. The Labute approximate surface area is 189 Å². The van der Waals surface area contributed by atoms with Crippen molar-refractivity contribution in [3.05, 3.63) is 65.5 Å². The van der Waals surface area contributed by atoms with Crippen LogP contribution < -0.4 is 9.80 Å². The highest BCUT2D eigenvalue weighted by atomic mass is 19.1. The maximum atomic E-state index is 14.5. The van der Waals surface area contributed by atoms with E-state index in [4.69, 9.17) is 10.1 Å². The first-order valence-electron chi connectivity index (χ1n) is 11.3. The smallest absolute Gasteiger partial charge is 0.309 e. The van der Waals surface area contributed by atoms with E-state index in [0.717, 1.165) is 41.2 Å². The van der Waals surface area contributed by atoms with Gasteiger partial charge in [-0.2, -0.15) is 0 Å². The highest BCUT2D eigenvalue weighted by Crippen LogP contribution is 2.29. The summed E-state index contributed by atoms with van der Waals surface area (Å²) in [6, 6.07) is 9.58. The normalized spacial score (nSPS) is 16.8. The van der Waals surface area contributed by atoms with E-state index in [2.05, 4.69) is 36.6 Å². The number of rotatable bonds is 8. The molecule has 0 amide bonds. The molecular formula is C25H31FN4O2. The van der Waals surface area contributed by atoms with Crippen LogP contribution >= 0.6 is 0 Å². The number of aromatic nitrogens is 1. The number of nitrogens with zero attached hydrogens (tertiary/aromatic N) is 4. The van der Waals surface area contributed by atoms with Crippen LogP contribution in [0.2, 0.25) is 0 Å². The Bertz CT molecular complexity index is 1020. The number of aryl methyl sites for hydroxylation is 1. The largest absolute Gasteiger partial charge is 0.481 e. The molecule has 0 unspecified atom stereocenters. The molecule has 0 bridgehead atoms. The van der Waals surface area contributed by atoms with E-state index >= 15 is 0 Å². The molecule has 2 aliphatic heterocycles. The van der Waals surface area contributed by atoms with Crippen LogP contribution in [0.15, 0.2) is 42.7 Å². The second kappa shape index (κ2) is 9.28. The highest BCUT2D eigenvalue weighted by Gasteiger charge is 2.32. The maximum Gasteiger partial charge on any atom is 0.309 e. The van der Waals surface area contributed by atoms with Crippen LogP contribution in [-0.4, -0.2) is 40.7 Å². The minimum atomic E-state index is -0.723. The first-order valence-corrected chi connectivity index (χ1v) is 11.3. The van der Waals surface area contributed by atoms with Crippen LogP contribution in [0.1, 0.15) is 37.7 Å². The topological polar surface area (TPSA) is 59.9 Å². The van der Waals surface area contributed by atoms with Crippen molar-refractivity contribution in [3.8, 4) is 0 Å². The maximum absolute atomic E-state index is 14.5. The van der Waals surface area contributed by atoms with Crippen molar-refractivity contribution in [1.82, 2.24) is 9.88 Å². The van der Waals surface area contributed by atoms with Gasteiger partial charge in [-0.1, -0.05) is 26.8 Å². The molecule has 1 aromatic carbocycles. The third-order valence-corrected chi connectivity index (χ3v) is 6.07. The van der Waals surface area contributed by atoms with E-state index in [0.29, 0.717) is 32.2 Å². The molecule has 7 heteroatoms. The molecule has 1 saturated heterocycles. The van der Waals surface area contributed by atoms with Gasteiger partial charge in [-0.25, -0.2) is 4.39 Å². The van der Waals surface area contributed by atoms with Crippen LogP contribution in [0.5, 0.6) is 0 Å². The fourth-order valence-corrected chi connectivity index (χ4v) is 4.30. The molecule has 0 saturated carbocycles. The van der Waals surface area contributed by atoms with Crippen LogP contribution in [-0.2, 0) is 24.2 Å². The average Bonchev–Trinajstić information content (AvgIpc) is 3.21. The van der Waals surface area contributed by atoms with Gasteiger partial charge in [-0.05, 0) is 48.6 Å². The molecule has 2 aliphatic rings. The minimum Gasteiger partial charge on any atom is -0.481 e. The molecule has 0 spiro atoms. The van der Waals surface area contributed by atoms with Gasteiger partial charge in [-0.3, -0.25) is 14.7 Å². The molecule has 1 fully saturated rings. The van der Waals surface area contributed by atoms with Crippen molar-refractivity contribution < 1.29 is 14.3 Å². The fourth-order valence-electron chi connectivity index (χ4n) is 4.30. The quantitative estimate of drug-likeness (QED) is 0.665. The third kappa shape index (κ3) is 4.78. The number of carboxylic acid groups (broad SMARTS) is 1. The van der Waals surface area contributed by atoms with Gasteiger partial charge in [0.25, 0.3) is 0 Å². The number of likely N-dealkylation sites (tertiary alicyclic amines) is 1. The van der Waals surface area contributed by atoms with Gasteiger partial charge >= 0.3 is 5.97 Å². The summed E-state index contributed by atoms with van der Waals surface area (Å²) < 4.78 is 14.5. The zero-order chi connectivity index (χ0) is 22.8. The standard InChI is InChI=1S/C25H31FN4O2/c1-4-23-24(8-6-20(27-23)15-28-13-19(14-28)25(31)32)30-10-9-29(16-30)21-7-5-18(11-17(2)3)22(26)12-21/h5-10,12,17,19H,4,11,13-16H2,1-3H3,(H,31,32). The summed E-state index contributed by atoms with van der Waals surface area (Å²) in [7, 11) is 0. The van der Waals surface area contributed by atoms with Crippen LogP contribution in [0.3, 0.4) is 0 Å². The van der Waals surface area contributed by atoms with E-state index in [1.54, 1.807) is 6.07 Å². The lowest BCUT2D eigenvalue weighted by Crippen LogP contribution is -2.49. The first-order chi connectivity index (χ1) is 15.3. The van der Waals surface area contributed by atoms with E-state index in [1.165, 1.54) is 0 Å². The lowest BCUT2D eigenvalue weighted by molar-refractivity contribution is -0.147. The number of anilines is 2. The summed E-state index contributed by atoms with van der Waals surface area (Å²) in [4.78, 5) is 22.1. The molecule has 6 nitrogen and oxygen atoms in total. The summed E-state index contributed by atoms with van der Waals surface area (Å²) in [5.74, 6) is -0.719. The number of carbonyl (C=O) groups is 1. The summed E-state index contributed by atoms with van der Waals surface area (Å²) in [6.07, 6.45) is 5.50. The molecule has 32 heavy (non-hydrogen) atoms. The van der Waals surface area contributed by atoms with E-state index in [1.807, 2.05) is 35.5 Å². The summed E-state index contributed by atoms with van der Waals surface area (Å²) >= 11 is 0. The van der Waals surface area contributed by atoms with Crippen molar-refractivity contribution in [2.45, 2.75) is 40.2 Å². The third-order valence-electron chi connectivity index (χ3n) is 6.07. The second-order valence-corrected chi connectivity index (χ2v) is 9.10. The Kier molecular flexibility index (Phi) is 6.46. The first kappa shape index (κ1) is 22.3. The van der Waals surface area contributed by atoms with Crippen molar-refractivity contribution in [2.75, 3.05) is 29.6 Å². The number of benzene rings is 1. The molecule has 170 valence electrons. The number of carboxylic acids is 1. The van der Waals surface area contributed by atoms with E-state index in [9.17, 15) is 9.18 Å². The zero-order valence-electron chi connectivity index (χ0n) is 19.0. The van der Waals surface area contributed by atoms with Crippen LogP contribution in [0, 0.1) is 17.7 Å². The summed E-state index contributed by atoms with van der Waals surface area (Å²) in [5, 5.41) is 9.04. The van der Waals surface area contributed by atoms with Crippen molar-refractivity contribution in [1.29, 1.82) is 0 Å². The molecule has 0 radical (unpaired) electrons. The molecule has 4 rings (SSSR count). The fraction of sp³-hybridized carbons (Fsp3) is 0.440. The Hall–Kier alpha value is -2.93. The average molecular weight is 439 g/mol. The SMILES string of the molecule is CCc1nc(CN2CC(C(=O)O)C2)ccc1N1C=CN(c2ccc(CC(C)C)c(F)c2)C1. The van der Waals surface area contributed by atoms with Crippen molar-refractivity contribution >= 4 is 17.3 Å². The van der Waals surface area contributed by atoms with Crippen molar-refractivity contribution in [3.63, 3.8) is 0 Å². The molecule has 1 N–H and O–H groups in total. The Morgan fingerprint density at radius 3 is 2.59 bits per heavy atom. The minimum absolute atomic E-state index is 0.153. The van der Waals surface area contributed by atoms with Gasteiger partial charge in [0.1, 0.15) is 5.82 Å². The Morgan fingerprint density at radius 2 is 1.94 bits per heavy atom. The van der Waals surface area contributed by atoms with E-state index in [-0.39, 0.29) is 11.7 Å². The number of aliphatic carboxylic acids is 1. The molecule has 1 aromatic heterocycles. The molecule has 0 atom stereocenters. The van der Waals surface area contributed by atoms with E-state index < -0.39 is 5.97 Å².